The van der Waals surface area contributed by atoms with E-state index in [2.05, 4.69) is 10.3 Å². The fourth-order valence-electron chi connectivity index (χ4n) is 2.91. The zero-order chi connectivity index (χ0) is 18.6. The van der Waals surface area contributed by atoms with Gasteiger partial charge in [-0.15, -0.1) is 0 Å². The molecule has 0 radical (unpaired) electrons. The molecule has 0 atom stereocenters. The predicted molar refractivity (Wildman–Crippen MR) is 100 cm³/mol. The molecule has 0 aliphatic carbocycles. The lowest BCUT2D eigenvalue weighted by Gasteiger charge is -2.20. The molecule has 0 unspecified atom stereocenters. The summed E-state index contributed by atoms with van der Waals surface area (Å²) in [5.74, 6) is -0.0435. The molecule has 3 N–H and O–H groups in total. The highest BCUT2D eigenvalue weighted by Gasteiger charge is 2.25. The molecule has 1 aromatic carbocycles. The molecule has 26 heavy (non-hydrogen) atoms. The molecule has 7 nitrogen and oxygen atoms in total. The SMILES string of the molecule is Nc1ccc(NC(=O)c2cccc(S(=O)(=O)N3CCCCCC3)c2)cn1. The van der Waals surface area contributed by atoms with Crippen LogP contribution in [0.1, 0.15) is 36.0 Å². The summed E-state index contributed by atoms with van der Waals surface area (Å²) in [6.07, 6.45) is 5.27. The van der Waals surface area contributed by atoms with E-state index in [1.807, 2.05) is 0 Å². The van der Waals surface area contributed by atoms with E-state index in [4.69, 9.17) is 5.73 Å². The van der Waals surface area contributed by atoms with Crippen molar-refractivity contribution in [2.24, 2.45) is 0 Å². The van der Waals surface area contributed by atoms with Gasteiger partial charge in [0.25, 0.3) is 5.91 Å². The van der Waals surface area contributed by atoms with Crippen LogP contribution >= 0.6 is 0 Å². The number of benzene rings is 1. The van der Waals surface area contributed by atoms with E-state index in [0.29, 0.717) is 24.6 Å². The number of nitrogen functional groups attached to an aromatic ring is 1. The molecule has 2 aromatic rings. The van der Waals surface area contributed by atoms with Crippen LogP contribution in [-0.2, 0) is 10.0 Å². The lowest BCUT2D eigenvalue weighted by Crippen LogP contribution is -2.32. The van der Waals surface area contributed by atoms with Crippen LogP contribution in [0.25, 0.3) is 0 Å². The van der Waals surface area contributed by atoms with E-state index in [1.165, 1.54) is 22.6 Å². The molecule has 1 amide bonds. The van der Waals surface area contributed by atoms with Gasteiger partial charge in [0.1, 0.15) is 5.82 Å². The topological polar surface area (TPSA) is 105 Å². The van der Waals surface area contributed by atoms with Crippen LogP contribution in [0.3, 0.4) is 0 Å². The number of hydrogen-bond acceptors (Lipinski definition) is 5. The number of nitrogens with two attached hydrogens (primary N) is 1. The quantitative estimate of drug-likeness (QED) is 0.855. The van der Waals surface area contributed by atoms with Crippen molar-refractivity contribution in [1.29, 1.82) is 0 Å². The Balaban J connectivity index is 1.80. The summed E-state index contributed by atoms with van der Waals surface area (Å²) in [7, 11) is -3.60. The van der Waals surface area contributed by atoms with Crippen LogP contribution < -0.4 is 11.1 Å². The summed E-state index contributed by atoms with van der Waals surface area (Å²) in [5, 5.41) is 2.69. The van der Waals surface area contributed by atoms with Crippen LogP contribution in [0.5, 0.6) is 0 Å². The number of nitrogens with one attached hydrogen (secondary N) is 1. The van der Waals surface area contributed by atoms with Crippen molar-refractivity contribution in [2.75, 3.05) is 24.1 Å². The number of carbonyl (C=O) groups excluding carboxylic acids is 1. The maximum atomic E-state index is 12.9. The van der Waals surface area contributed by atoms with E-state index in [9.17, 15) is 13.2 Å². The van der Waals surface area contributed by atoms with Crippen molar-refractivity contribution in [3.05, 3.63) is 48.2 Å². The largest absolute Gasteiger partial charge is 0.384 e. The van der Waals surface area contributed by atoms with Crippen molar-refractivity contribution in [3.8, 4) is 0 Å². The summed E-state index contributed by atoms with van der Waals surface area (Å²) in [4.78, 5) is 16.5. The van der Waals surface area contributed by atoms with Crippen molar-refractivity contribution >= 4 is 27.4 Å². The number of aromatic nitrogens is 1. The van der Waals surface area contributed by atoms with Gasteiger partial charge in [0.15, 0.2) is 0 Å². The number of nitrogens with zero attached hydrogens (tertiary/aromatic N) is 2. The van der Waals surface area contributed by atoms with Crippen molar-refractivity contribution in [3.63, 3.8) is 0 Å². The van der Waals surface area contributed by atoms with Gasteiger partial charge < -0.3 is 11.1 Å². The molecule has 2 heterocycles. The maximum absolute atomic E-state index is 12.9. The monoisotopic (exact) mass is 374 g/mol. The molecule has 1 saturated heterocycles. The van der Waals surface area contributed by atoms with Gasteiger partial charge in [-0.2, -0.15) is 4.31 Å². The maximum Gasteiger partial charge on any atom is 0.255 e. The first-order valence-electron chi connectivity index (χ1n) is 8.60. The smallest absolute Gasteiger partial charge is 0.255 e. The number of sulfonamides is 1. The van der Waals surface area contributed by atoms with Gasteiger partial charge in [0.05, 0.1) is 16.8 Å². The molecule has 0 spiro atoms. The normalized spacial score (nSPS) is 16.0. The summed E-state index contributed by atoms with van der Waals surface area (Å²) in [5.41, 5.74) is 6.29. The highest BCUT2D eigenvalue weighted by atomic mass is 32.2. The van der Waals surface area contributed by atoms with Gasteiger partial charge in [0.2, 0.25) is 10.0 Å². The first-order valence-corrected chi connectivity index (χ1v) is 10.0. The number of anilines is 2. The second-order valence-electron chi connectivity index (χ2n) is 6.27. The van der Waals surface area contributed by atoms with E-state index >= 15 is 0 Å². The molecule has 1 aliphatic rings. The molecule has 1 aliphatic heterocycles. The third kappa shape index (κ3) is 4.20. The predicted octanol–water partition coefficient (Wildman–Crippen LogP) is 2.48. The van der Waals surface area contributed by atoms with Crippen LogP contribution in [0.4, 0.5) is 11.5 Å². The molecule has 1 fully saturated rings. The summed E-state index contributed by atoms with van der Waals surface area (Å²) in [6.45, 7) is 1.05. The zero-order valence-electron chi connectivity index (χ0n) is 14.4. The Morgan fingerprint density at radius 2 is 1.81 bits per heavy atom. The Morgan fingerprint density at radius 1 is 1.08 bits per heavy atom. The van der Waals surface area contributed by atoms with Crippen LogP contribution in [-0.4, -0.2) is 36.7 Å². The molecular formula is C18H22N4O3S. The first-order chi connectivity index (χ1) is 12.5. The Labute approximate surface area is 153 Å². The van der Waals surface area contributed by atoms with Gasteiger partial charge in [-0.3, -0.25) is 4.79 Å². The van der Waals surface area contributed by atoms with E-state index < -0.39 is 15.9 Å². The van der Waals surface area contributed by atoms with Gasteiger partial charge >= 0.3 is 0 Å². The number of rotatable bonds is 4. The molecule has 8 heteroatoms. The molecule has 0 saturated carbocycles. The molecule has 0 bridgehead atoms. The first kappa shape index (κ1) is 18.3. The van der Waals surface area contributed by atoms with Gasteiger partial charge in [0, 0.05) is 18.7 Å². The second kappa shape index (κ2) is 7.84. The molecule has 3 rings (SSSR count). The minimum Gasteiger partial charge on any atom is -0.384 e. The van der Waals surface area contributed by atoms with Crippen LogP contribution in [0.15, 0.2) is 47.5 Å². The average Bonchev–Trinajstić information content (AvgIpc) is 2.94. The minimum absolute atomic E-state index is 0.141. The molecule has 1 aromatic heterocycles. The summed E-state index contributed by atoms with van der Waals surface area (Å²) in [6, 6.07) is 9.33. The standard InChI is InChI=1S/C18H22N4O3S/c19-17-9-8-15(13-20-17)21-18(23)14-6-5-7-16(12-14)26(24,25)22-10-3-1-2-4-11-22/h5-9,12-13H,1-4,10-11H2,(H2,19,20)(H,21,23). The highest BCUT2D eigenvalue weighted by molar-refractivity contribution is 7.89. The van der Waals surface area contributed by atoms with Gasteiger partial charge in [-0.05, 0) is 43.2 Å². The number of hydrogen-bond donors (Lipinski definition) is 2. The van der Waals surface area contributed by atoms with Crippen LogP contribution in [0, 0.1) is 0 Å². The fraction of sp³-hybridized carbons (Fsp3) is 0.333. The number of amides is 1. The highest BCUT2D eigenvalue weighted by Crippen LogP contribution is 2.21. The Morgan fingerprint density at radius 3 is 2.46 bits per heavy atom. The average molecular weight is 374 g/mol. The van der Waals surface area contributed by atoms with Crippen molar-refractivity contribution < 1.29 is 13.2 Å². The Bertz CT molecular complexity index is 874. The van der Waals surface area contributed by atoms with E-state index in [-0.39, 0.29) is 10.5 Å². The minimum atomic E-state index is -3.60. The van der Waals surface area contributed by atoms with Crippen molar-refractivity contribution in [1.82, 2.24) is 9.29 Å². The zero-order valence-corrected chi connectivity index (χ0v) is 15.2. The fourth-order valence-corrected chi connectivity index (χ4v) is 4.47. The third-order valence-electron chi connectivity index (χ3n) is 4.34. The molecular weight excluding hydrogens is 352 g/mol. The van der Waals surface area contributed by atoms with Gasteiger partial charge in [-0.1, -0.05) is 18.9 Å². The summed E-state index contributed by atoms with van der Waals surface area (Å²) < 4.78 is 27.3. The van der Waals surface area contributed by atoms with Crippen LogP contribution in [0.2, 0.25) is 0 Å². The Kier molecular flexibility index (Phi) is 5.53. The summed E-state index contributed by atoms with van der Waals surface area (Å²) >= 11 is 0. The van der Waals surface area contributed by atoms with Gasteiger partial charge in [-0.25, -0.2) is 13.4 Å². The van der Waals surface area contributed by atoms with E-state index in [0.717, 1.165) is 25.7 Å². The lowest BCUT2D eigenvalue weighted by atomic mass is 10.2. The lowest BCUT2D eigenvalue weighted by molar-refractivity contribution is 0.102. The number of carbonyl (C=O) groups is 1. The van der Waals surface area contributed by atoms with Crippen molar-refractivity contribution in [2.45, 2.75) is 30.6 Å². The van der Waals surface area contributed by atoms with E-state index in [1.54, 1.807) is 24.3 Å². The number of pyridine rings is 1. The third-order valence-corrected chi connectivity index (χ3v) is 6.24. The molecule has 138 valence electrons. The Hall–Kier alpha value is -2.45. The second-order valence-corrected chi connectivity index (χ2v) is 8.21.